The number of rotatable bonds is 7. The van der Waals surface area contributed by atoms with Crippen molar-refractivity contribution in [1.82, 2.24) is 10.0 Å². The van der Waals surface area contributed by atoms with Crippen molar-refractivity contribution in [2.75, 3.05) is 6.26 Å². The molecular formula is C17H28N2O3S. The highest BCUT2D eigenvalue weighted by molar-refractivity contribution is 7.88. The number of hydrogen-bond donors (Lipinski definition) is 2. The van der Waals surface area contributed by atoms with E-state index in [9.17, 15) is 13.2 Å². The van der Waals surface area contributed by atoms with Crippen LogP contribution in [0.15, 0.2) is 30.3 Å². The van der Waals surface area contributed by atoms with Crippen molar-refractivity contribution >= 4 is 15.9 Å². The van der Waals surface area contributed by atoms with Gasteiger partial charge in [-0.1, -0.05) is 44.2 Å². The fraction of sp³-hybridized carbons (Fsp3) is 0.588. The molecular weight excluding hydrogens is 312 g/mol. The molecule has 0 heterocycles. The molecule has 0 spiro atoms. The van der Waals surface area contributed by atoms with Gasteiger partial charge in [0, 0.05) is 6.04 Å². The van der Waals surface area contributed by atoms with Crippen LogP contribution >= 0.6 is 0 Å². The molecule has 0 aliphatic rings. The smallest absolute Gasteiger partial charge is 0.240 e. The highest BCUT2D eigenvalue weighted by Crippen LogP contribution is 2.28. The van der Waals surface area contributed by atoms with Crippen LogP contribution in [0.1, 0.15) is 46.6 Å². The van der Waals surface area contributed by atoms with Crippen molar-refractivity contribution in [3.8, 4) is 0 Å². The summed E-state index contributed by atoms with van der Waals surface area (Å²) < 4.78 is 25.1. The summed E-state index contributed by atoms with van der Waals surface area (Å²) in [4.78, 5) is 12.3. The van der Waals surface area contributed by atoms with Crippen molar-refractivity contribution in [2.45, 2.75) is 58.0 Å². The Morgan fingerprint density at radius 2 is 1.65 bits per heavy atom. The average Bonchev–Trinajstić information content (AvgIpc) is 2.36. The van der Waals surface area contributed by atoms with Gasteiger partial charge >= 0.3 is 0 Å². The zero-order chi connectivity index (χ0) is 17.9. The summed E-state index contributed by atoms with van der Waals surface area (Å²) in [5, 5.41) is 2.90. The van der Waals surface area contributed by atoms with Crippen molar-refractivity contribution in [3.05, 3.63) is 35.9 Å². The number of benzene rings is 1. The summed E-state index contributed by atoms with van der Waals surface area (Å²) in [6.07, 6.45) is 1.79. The first-order valence-corrected chi connectivity index (χ1v) is 9.58. The average molecular weight is 340 g/mol. The zero-order valence-electron chi connectivity index (χ0n) is 14.8. The van der Waals surface area contributed by atoms with Gasteiger partial charge in [-0.3, -0.25) is 4.79 Å². The van der Waals surface area contributed by atoms with Gasteiger partial charge in [-0.05, 0) is 38.2 Å². The minimum absolute atomic E-state index is 0.0849. The topological polar surface area (TPSA) is 75.3 Å². The van der Waals surface area contributed by atoms with Crippen LogP contribution in [0.3, 0.4) is 0 Å². The van der Waals surface area contributed by atoms with E-state index in [1.165, 1.54) is 5.56 Å². The van der Waals surface area contributed by atoms with Crippen LogP contribution < -0.4 is 10.0 Å². The van der Waals surface area contributed by atoms with Crippen molar-refractivity contribution < 1.29 is 13.2 Å². The van der Waals surface area contributed by atoms with E-state index in [-0.39, 0.29) is 17.4 Å². The van der Waals surface area contributed by atoms with E-state index in [1.807, 2.05) is 25.1 Å². The zero-order valence-corrected chi connectivity index (χ0v) is 15.6. The summed E-state index contributed by atoms with van der Waals surface area (Å²) in [7, 11) is -3.45. The predicted octanol–water partition coefficient (Wildman–Crippen LogP) is 2.19. The fourth-order valence-corrected chi connectivity index (χ4v) is 3.76. The first-order chi connectivity index (χ1) is 10.3. The molecule has 0 saturated carbocycles. The first-order valence-electron chi connectivity index (χ1n) is 7.69. The molecule has 1 amide bonds. The molecule has 2 N–H and O–H groups in total. The van der Waals surface area contributed by atoms with Crippen LogP contribution in [0.5, 0.6) is 0 Å². The molecule has 0 aromatic heterocycles. The largest absolute Gasteiger partial charge is 0.352 e. The van der Waals surface area contributed by atoms with Crippen LogP contribution in [0.25, 0.3) is 0 Å². The lowest BCUT2D eigenvalue weighted by Crippen LogP contribution is -2.56. The van der Waals surface area contributed by atoms with Crippen LogP contribution in [0.4, 0.5) is 0 Å². The molecule has 1 atom stereocenters. The molecule has 0 aliphatic heterocycles. The lowest BCUT2D eigenvalue weighted by molar-refractivity contribution is -0.126. The summed E-state index contributed by atoms with van der Waals surface area (Å²) in [5.74, 6) is -0.334. The van der Waals surface area contributed by atoms with Crippen LogP contribution in [-0.2, 0) is 20.2 Å². The van der Waals surface area contributed by atoms with Gasteiger partial charge in [0.2, 0.25) is 15.9 Å². The molecule has 130 valence electrons. The van der Waals surface area contributed by atoms with Gasteiger partial charge in [-0.15, -0.1) is 0 Å². The van der Waals surface area contributed by atoms with Crippen LogP contribution in [0, 0.1) is 0 Å². The molecule has 1 aromatic rings. The Kier molecular flexibility index (Phi) is 5.99. The quantitative estimate of drug-likeness (QED) is 0.799. The lowest BCUT2D eigenvalue weighted by atomic mass is 9.79. The Bertz CT molecular complexity index is 637. The van der Waals surface area contributed by atoms with Crippen molar-refractivity contribution in [2.24, 2.45) is 0 Å². The first kappa shape index (κ1) is 19.6. The van der Waals surface area contributed by atoms with Gasteiger partial charge in [0.25, 0.3) is 0 Å². The van der Waals surface area contributed by atoms with Crippen LogP contribution in [0.2, 0.25) is 0 Å². The molecule has 5 nitrogen and oxygen atoms in total. The summed E-state index contributed by atoms with van der Waals surface area (Å²) in [6.45, 7) is 9.30. The second-order valence-electron chi connectivity index (χ2n) is 7.33. The second-order valence-corrected chi connectivity index (χ2v) is 9.08. The van der Waals surface area contributed by atoms with Gasteiger partial charge in [-0.2, -0.15) is 0 Å². The lowest BCUT2D eigenvalue weighted by Gasteiger charge is -2.31. The van der Waals surface area contributed by atoms with E-state index in [0.717, 1.165) is 12.7 Å². The number of carbonyl (C=O) groups is 1. The van der Waals surface area contributed by atoms with Gasteiger partial charge < -0.3 is 5.32 Å². The highest BCUT2D eigenvalue weighted by atomic mass is 32.2. The van der Waals surface area contributed by atoms with Crippen molar-refractivity contribution in [3.63, 3.8) is 0 Å². The van der Waals surface area contributed by atoms with Gasteiger partial charge in [0.15, 0.2) is 0 Å². The van der Waals surface area contributed by atoms with Gasteiger partial charge in [0.05, 0.1) is 6.26 Å². The maximum absolute atomic E-state index is 12.3. The maximum atomic E-state index is 12.3. The van der Waals surface area contributed by atoms with E-state index in [2.05, 4.69) is 36.0 Å². The molecule has 23 heavy (non-hydrogen) atoms. The predicted molar refractivity (Wildman–Crippen MR) is 93.7 cm³/mol. The number of carbonyl (C=O) groups excluding carboxylic acids is 1. The molecule has 6 heteroatoms. The maximum Gasteiger partial charge on any atom is 0.240 e. The number of hydrogen-bond acceptors (Lipinski definition) is 3. The Balaban J connectivity index is 2.72. The monoisotopic (exact) mass is 340 g/mol. The molecule has 0 bridgehead atoms. The molecule has 0 aliphatic carbocycles. The Hall–Kier alpha value is -1.40. The second kappa shape index (κ2) is 7.01. The molecule has 0 fully saturated rings. The van der Waals surface area contributed by atoms with E-state index in [1.54, 1.807) is 13.8 Å². The van der Waals surface area contributed by atoms with Gasteiger partial charge in [0.1, 0.15) is 5.54 Å². The third-order valence-electron chi connectivity index (χ3n) is 3.76. The van der Waals surface area contributed by atoms with E-state index >= 15 is 0 Å². The Labute approximate surface area is 139 Å². The number of sulfonamides is 1. The standard InChI is InChI=1S/C17H28N2O3S/c1-13(12-16(2,3)14-10-8-7-9-11-14)18-15(20)17(4,5)19-23(6,21)22/h7-11,13,19H,12H2,1-6H3,(H,18,20). The van der Waals surface area contributed by atoms with E-state index < -0.39 is 15.6 Å². The molecule has 0 saturated heterocycles. The Morgan fingerprint density at radius 3 is 2.13 bits per heavy atom. The van der Waals surface area contributed by atoms with Crippen molar-refractivity contribution in [1.29, 1.82) is 0 Å². The highest BCUT2D eigenvalue weighted by Gasteiger charge is 2.32. The third kappa shape index (κ3) is 6.31. The SMILES string of the molecule is CC(CC(C)(C)c1ccccc1)NC(=O)C(C)(C)NS(C)(=O)=O. The summed E-state index contributed by atoms with van der Waals surface area (Å²) in [5.41, 5.74) is -0.0733. The number of nitrogens with one attached hydrogen (secondary N) is 2. The molecule has 1 rings (SSSR count). The van der Waals surface area contributed by atoms with E-state index in [4.69, 9.17) is 0 Å². The molecule has 1 aromatic carbocycles. The minimum Gasteiger partial charge on any atom is -0.352 e. The normalized spacial score (nSPS) is 14.3. The fourth-order valence-electron chi connectivity index (χ4n) is 2.74. The minimum atomic E-state index is -3.45. The van der Waals surface area contributed by atoms with Gasteiger partial charge in [-0.25, -0.2) is 13.1 Å². The summed E-state index contributed by atoms with van der Waals surface area (Å²) in [6, 6.07) is 10.0. The third-order valence-corrected chi connectivity index (χ3v) is 4.64. The Morgan fingerprint density at radius 1 is 1.13 bits per heavy atom. The molecule has 0 radical (unpaired) electrons. The van der Waals surface area contributed by atoms with E-state index in [0.29, 0.717) is 0 Å². The molecule has 1 unspecified atom stereocenters. The van der Waals surface area contributed by atoms with Crippen LogP contribution in [-0.4, -0.2) is 32.2 Å². The summed E-state index contributed by atoms with van der Waals surface area (Å²) >= 11 is 0. The number of amides is 1.